The number of aldehydes is 1. The Bertz CT molecular complexity index is 459. The zero-order valence-electron chi connectivity index (χ0n) is 12.4. The lowest BCUT2D eigenvalue weighted by atomic mass is 9.69. The van der Waals surface area contributed by atoms with Gasteiger partial charge in [0.25, 0.3) is 0 Å². The summed E-state index contributed by atoms with van der Waals surface area (Å²) in [5.74, 6) is 4.33. The minimum absolute atomic E-state index is 0.00976. The van der Waals surface area contributed by atoms with Crippen molar-refractivity contribution < 1.29 is 14.3 Å². The molecule has 0 amide bonds. The van der Waals surface area contributed by atoms with Gasteiger partial charge in [0.2, 0.25) is 0 Å². The molecule has 4 aliphatic rings. The van der Waals surface area contributed by atoms with Crippen LogP contribution in [0.2, 0.25) is 0 Å². The molecule has 0 aromatic heterocycles. The molecule has 0 aliphatic heterocycles. The van der Waals surface area contributed by atoms with Crippen molar-refractivity contribution in [1.82, 2.24) is 0 Å². The molecule has 0 aromatic carbocycles. The second kappa shape index (κ2) is 4.08. The van der Waals surface area contributed by atoms with Crippen molar-refractivity contribution in [2.75, 3.05) is 7.11 Å². The summed E-state index contributed by atoms with van der Waals surface area (Å²) in [6, 6.07) is 0. The Morgan fingerprint density at radius 2 is 1.80 bits per heavy atom. The summed E-state index contributed by atoms with van der Waals surface area (Å²) in [5.41, 5.74) is -0.0991. The molecule has 4 rings (SSSR count). The molecule has 3 heteroatoms. The Hall–Kier alpha value is -0.860. The van der Waals surface area contributed by atoms with Crippen molar-refractivity contribution in [3.63, 3.8) is 0 Å². The summed E-state index contributed by atoms with van der Waals surface area (Å²) in [4.78, 5) is 23.4. The highest BCUT2D eigenvalue weighted by Gasteiger charge is 2.64. The molecule has 8 unspecified atom stereocenters. The lowest BCUT2D eigenvalue weighted by molar-refractivity contribution is -0.148. The van der Waals surface area contributed by atoms with Crippen LogP contribution in [-0.2, 0) is 14.3 Å². The third-order valence-corrected chi connectivity index (χ3v) is 7.07. The van der Waals surface area contributed by atoms with E-state index in [1.54, 1.807) is 0 Å². The Balaban J connectivity index is 1.62. The lowest BCUT2D eigenvalue weighted by Crippen LogP contribution is -2.33. The van der Waals surface area contributed by atoms with E-state index in [1.807, 2.05) is 0 Å². The van der Waals surface area contributed by atoms with Crippen molar-refractivity contribution in [2.45, 2.75) is 39.0 Å². The summed E-state index contributed by atoms with van der Waals surface area (Å²) in [6.45, 7) is 2.14. The van der Waals surface area contributed by atoms with Crippen molar-refractivity contribution in [3.05, 3.63) is 0 Å². The molecule has 0 N–H and O–H groups in total. The third kappa shape index (κ3) is 1.52. The third-order valence-electron chi connectivity index (χ3n) is 7.07. The van der Waals surface area contributed by atoms with Gasteiger partial charge in [-0.1, -0.05) is 6.92 Å². The van der Waals surface area contributed by atoms with Gasteiger partial charge in [0, 0.05) is 5.41 Å². The van der Waals surface area contributed by atoms with Crippen molar-refractivity contribution in [2.24, 2.45) is 46.8 Å². The Morgan fingerprint density at radius 1 is 1.10 bits per heavy atom. The molecule has 8 atom stereocenters. The van der Waals surface area contributed by atoms with Crippen LogP contribution in [0.1, 0.15) is 39.0 Å². The van der Waals surface area contributed by atoms with Gasteiger partial charge in [0.05, 0.1) is 13.0 Å². The molecule has 0 spiro atoms. The average molecular weight is 276 g/mol. The van der Waals surface area contributed by atoms with Crippen LogP contribution in [0.25, 0.3) is 0 Å². The van der Waals surface area contributed by atoms with Crippen LogP contribution in [0.15, 0.2) is 0 Å². The molecule has 4 bridgehead atoms. The summed E-state index contributed by atoms with van der Waals surface area (Å²) in [5, 5.41) is 0. The molecule has 0 saturated heterocycles. The molecule has 0 heterocycles. The molecule has 4 aliphatic carbocycles. The van der Waals surface area contributed by atoms with E-state index in [0.29, 0.717) is 17.8 Å². The molecule has 0 radical (unpaired) electrons. The maximum Gasteiger partial charge on any atom is 0.308 e. The fourth-order valence-corrected chi connectivity index (χ4v) is 6.76. The number of ether oxygens (including phenoxy) is 1. The largest absolute Gasteiger partial charge is 0.469 e. The van der Waals surface area contributed by atoms with Gasteiger partial charge in [0.1, 0.15) is 6.29 Å². The van der Waals surface area contributed by atoms with Crippen LogP contribution in [0.3, 0.4) is 0 Å². The van der Waals surface area contributed by atoms with Gasteiger partial charge in [-0.15, -0.1) is 0 Å². The van der Waals surface area contributed by atoms with Gasteiger partial charge in [-0.3, -0.25) is 4.79 Å². The van der Waals surface area contributed by atoms with Gasteiger partial charge < -0.3 is 9.53 Å². The highest BCUT2D eigenvalue weighted by atomic mass is 16.5. The normalized spacial score (nSPS) is 55.6. The van der Waals surface area contributed by atoms with Crippen LogP contribution in [0.5, 0.6) is 0 Å². The molecule has 0 aromatic rings. The van der Waals surface area contributed by atoms with Crippen molar-refractivity contribution >= 4 is 12.3 Å². The quantitative estimate of drug-likeness (QED) is 0.442. The number of hydrogen-bond acceptors (Lipinski definition) is 3. The number of fused-ring (bicyclic) bond motifs is 9. The molecule has 110 valence electrons. The van der Waals surface area contributed by atoms with Gasteiger partial charge in [-0.05, 0) is 67.6 Å². The number of methoxy groups -OCH3 is 1. The number of rotatable bonds is 2. The highest BCUT2D eigenvalue weighted by molar-refractivity contribution is 5.73. The smallest absolute Gasteiger partial charge is 0.308 e. The fourth-order valence-electron chi connectivity index (χ4n) is 6.76. The van der Waals surface area contributed by atoms with E-state index in [9.17, 15) is 9.59 Å². The first-order chi connectivity index (χ1) is 9.56. The Labute approximate surface area is 120 Å². The molecule has 3 nitrogen and oxygen atoms in total. The maximum atomic E-state index is 12.0. The molecular weight excluding hydrogens is 252 g/mol. The summed E-state index contributed by atoms with van der Waals surface area (Å²) in [7, 11) is 1.52. The monoisotopic (exact) mass is 276 g/mol. The second-order valence-electron chi connectivity index (χ2n) is 8.12. The average Bonchev–Trinajstić information content (AvgIpc) is 3.09. The Kier molecular flexibility index (Phi) is 2.62. The number of esters is 1. The SMILES string of the molecule is COC(=O)C1CC2CC1C1C3CC(CC(C)(C=O)C3)C21. The predicted molar refractivity (Wildman–Crippen MR) is 73.7 cm³/mol. The summed E-state index contributed by atoms with van der Waals surface area (Å²) in [6.07, 6.45) is 6.91. The second-order valence-corrected chi connectivity index (χ2v) is 8.12. The molecule has 4 saturated carbocycles. The van der Waals surface area contributed by atoms with Gasteiger partial charge in [-0.25, -0.2) is 0 Å². The van der Waals surface area contributed by atoms with E-state index < -0.39 is 0 Å². The van der Waals surface area contributed by atoms with E-state index in [4.69, 9.17) is 4.74 Å². The zero-order chi connectivity index (χ0) is 14.1. The van der Waals surface area contributed by atoms with E-state index >= 15 is 0 Å². The van der Waals surface area contributed by atoms with Gasteiger partial charge in [0.15, 0.2) is 0 Å². The first-order valence-corrected chi connectivity index (χ1v) is 8.10. The number of carbonyl (C=O) groups excluding carboxylic acids is 2. The van der Waals surface area contributed by atoms with Crippen LogP contribution in [-0.4, -0.2) is 19.4 Å². The lowest BCUT2D eigenvalue weighted by Gasteiger charge is -2.35. The Morgan fingerprint density at radius 3 is 2.45 bits per heavy atom. The number of hydrogen-bond donors (Lipinski definition) is 0. The standard InChI is InChI=1S/C17H24O3/c1-17(8-18)6-10-3-11(7-17)15-12-4-9(14(10)15)5-13(12)16(19)20-2/h8-15H,3-7H2,1-2H3. The first-order valence-electron chi connectivity index (χ1n) is 8.10. The van der Waals surface area contributed by atoms with E-state index in [2.05, 4.69) is 6.92 Å². The first kappa shape index (κ1) is 12.8. The minimum Gasteiger partial charge on any atom is -0.469 e. The summed E-state index contributed by atoms with van der Waals surface area (Å²) < 4.78 is 5.01. The topological polar surface area (TPSA) is 43.4 Å². The van der Waals surface area contributed by atoms with Crippen LogP contribution < -0.4 is 0 Å². The van der Waals surface area contributed by atoms with Crippen molar-refractivity contribution in [3.8, 4) is 0 Å². The molecule has 4 fully saturated rings. The molecular formula is C17H24O3. The minimum atomic E-state index is -0.0991. The van der Waals surface area contributed by atoms with E-state index in [1.165, 1.54) is 26.2 Å². The van der Waals surface area contributed by atoms with Crippen LogP contribution in [0.4, 0.5) is 0 Å². The van der Waals surface area contributed by atoms with Crippen LogP contribution >= 0.6 is 0 Å². The van der Waals surface area contributed by atoms with Gasteiger partial charge in [-0.2, -0.15) is 0 Å². The van der Waals surface area contributed by atoms with Crippen LogP contribution in [0, 0.1) is 46.8 Å². The van der Waals surface area contributed by atoms with E-state index in [-0.39, 0.29) is 17.3 Å². The van der Waals surface area contributed by atoms with E-state index in [0.717, 1.165) is 37.0 Å². The summed E-state index contributed by atoms with van der Waals surface area (Å²) >= 11 is 0. The zero-order valence-corrected chi connectivity index (χ0v) is 12.4. The van der Waals surface area contributed by atoms with Gasteiger partial charge >= 0.3 is 5.97 Å². The number of carbonyl (C=O) groups is 2. The maximum absolute atomic E-state index is 12.0. The fraction of sp³-hybridized carbons (Fsp3) is 0.882. The molecule has 20 heavy (non-hydrogen) atoms. The highest BCUT2D eigenvalue weighted by Crippen LogP contribution is 2.69. The predicted octanol–water partition coefficient (Wildman–Crippen LogP) is 2.68. The van der Waals surface area contributed by atoms with Crippen molar-refractivity contribution in [1.29, 1.82) is 0 Å².